The van der Waals surface area contributed by atoms with E-state index in [0.29, 0.717) is 5.78 Å². The molecule has 0 aliphatic carbocycles. The van der Waals surface area contributed by atoms with Crippen molar-refractivity contribution in [1.82, 2.24) is 0 Å². The molecular formula is C16H24OS2Si. The topological polar surface area (TPSA) is 17.1 Å². The average Bonchev–Trinajstić information content (AvgIpc) is 2.39. The van der Waals surface area contributed by atoms with Gasteiger partial charge in [0.25, 0.3) is 0 Å². The molecular weight excluding hydrogens is 300 g/mol. The Hall–Kier alpha value is -0.193. The van der Waals surface area contributed by atoms with Gasteiger partial charge in [-0.2, -0.15) is 0 Å². The summed E-state index contributed by atoms with van der Waals surface area (Å²) in [4.78, 5) is 11.8. The molecule has 0 atom stereocenters. The van der Waals surface area contributed by atoms with E-state index in [1.165, 1.54) is 29.5 Å². The Kier molecular flexibility index (Phi) is 5.43. The van der Waals surface area contributed by atoms with Crippen molar-refractivity contribution in [2.45, 2.75) is 42.6 Å². The van der Waals surface area contributed by atoms with E-state index in [1.54, 1.807) is 6.92 Å². The molecule has 1 aliphatic rings. The molecule has 0 unspecified atom stereocenters. The van der Waals surface area contributed by atoms with E-state index in [4.69, 9.17) is 0 Å². The third-order valence-corrected chi connectivity index (χ3v) is 14.6. The second kappa shape index (κ2) is 6.71. The smallest absolute Gasteiger partial charge is 0.131 e. The molecule has 0 radical (unpaired) electrons. The molecule has 4 heteroatoms. The number of carbonyl (C=O) groups is 1. The lowest BCUT2D eigenvalue weighted by Gasteiger charge is -2.46. The summed E-state index contributed by atoms with van der Waals surface area (Å²) < 4.78 is 0.174. The highest BCUT2D eigenvalue weighted by Gasteiger charge is 2.49. The molecule has 20 heavy (non-hydrogen) atoms. The minimum Gasteiger partial charge on any atom is -0.300 e. The number of rotatable bonds is 5. The predicted molar refractivity (Wildman–Crippen MR) is 95.2 cm³/mol. The van der Waals surface area contributed by atoms with Crippen molar-refractivity contribution in [2.75, 3.05) is 11.5 Å². The highest BCUT2D eigenvalue weighted by atomic mass is 32.2. The maximum atomic E-state index is 11.8. The zero-order valence-electron chi connectivity index (χ0n) is 12.6. The number of hydrogen-bond donors (Lipinski definition) is 0. The van der Waals surface area contributed by atoms with Crippen LogP contribution in [-0.4, -0.2) is 29.1 Å². The Morgan fingerprint density at radius 1 is 1.20 bits per heavy atom. The van der Waals surface area contributed by atoms with Crippen molar-refractivity contribution >= 4 is 37.4 Å². The summed E-state index contributed by atoms with van der Waals surface area (Å²) in [5.41, 5.74) is 1.43. The average molecular weight is 325 g/mol. The predicted octanol–water partition coefficient (Wildman–Crippen LogP) is 4.56. The van der Waals surface area contributed by atoms with Crippen LogP contribution in [0.3, 0.4) is 0 Å². The molecule has 0 N–H and O–H groups in total. The van der Waals surface area contributed by atoms with Crippen molar-refractivity contribution in [3.8, 4) is 0 Å². The van der Waals surface area contributed by atoms with Crippen LogP contribution in [0.4, 0.5) is 0 Å². The van der Waals surface area contributed by atoms with Crippen LogP contribution in [0, 0.1) is 0 Å². The fourth-order valence-electron chi connectivity index (χ4n) is 2.88. The van der Waals surface area contributed by atoms with Crippen LogP contribution in [0.15, 0.2) is 30.3 Å². The zero-order valence-corrected chi connectivity index (χ0v) is 15.3. The first kappa shape index (κ1) is 16.2. The van der Waals surface area contributed by atoms with Gasteiger partial charge in [0.15, 0.2) is 0 Å². The Labute approximate surface area is 132 Å². The lowest BCUT2D eigenvalue weighted by atomic mass is 10.2. The number of benzene rings is 1. The summed E-state index contributed by atoms with van der Waals surface area (Å²) in [6.45, 7) is 6.69. The Morgan fingerprint density at radius 2 is 1.80 bits per heavy atom. The minimum absolute atomic E-state index is 0.174. The van der Waals surface area contributed by atoms with Gasteiger partial charge in [0.05, 0.1) is 11.8 Å². The van der Waals surface area contributed by atoms with E-state index in [-0.39, 0.29) is 3.70 Å². The largest absolute Gasteiger partial charge is 0.300 e. The summed E-state index contributed by atoms with van der Waals surface area (Å²) in [5.74, 6) is 2.78. The monoisotopic (exact) mass is 324 g/mol. The van der Waals surface area contributed by atoms with Crippen molar-refractivity contribution in [2.24, 2.45) is 0 Å². The number of hydrogen-bond acceptors (Lipinski definition) is 3. The SMILES string of the molecule is CC(=O)CC1([Si](C)(C)Cc2ccccc2)SCCCS1. The van der Waals surface area contributed by atoms with Crippen molar-refractivity contribution in [1.29, 1.82) is 0 Å². The molecule has 110 valence electrons. The first-order valence-electron chi connectivity index (χ1n) is 7.26. The molecule has 1 aliphatic heterocycles. The Balaban J connectivity index is 2.23. The summed E-state index contributed by atoms with van der Waals surface area (Å²) >= 11 is 4.14. The summed E-state index contributed by atoms with van der Waals surface area (Å²) in [6, 6.07) is 12.0. The maximum absolute atomic E-state index is 11.8. The van der Waals surface area contributed by atoms with Gasteiger partial charge in [-0.05, 0) is 30.9 Å². The Bertz CT molecular complexity index is 453. The second-order valence-electron chi connectivity index (χ2n) is 6.23. The van der Waals surface area contributed by atoms with E-state index >= 15 is 0 Å². The molecule has 0 aromatic heterocycles. The van der Waals surface area contributed by atoms with Gasteiger partial charge in [-0.25, -0.2) is 0 Å². The summed E-state index contributed by atoms with van der Waals surface area (Å²) in [7, 11) is -1.55. The highest BCUT2D eigenvalue weighted by Crippen LogP contribution is 2.51. The van der Waals surface area contributed by atoms with Gasteiger partial charge in [-0.1, -0.05) is 49.0 Å². The van der Waals surface area contributed by atoms with Gasteiger partial charge in [0.1, 0.15) is 5.78 Å². The van der Waals surface area contributed by atoms with Gasteiger partial charge < -0.3 is 0 Å². The van der Waals surface area contributed by atoms with E-state index in [1.807, 2.05) is 0 Å². The molecule has 1 nitrogen and oxygen atoms in total. The van der Waals surface area contributed by atoms with Crippen LogP contribution in [0.2, 0.25) is 13.1 Å². The first-order valence-corrected chi connectivity index (χ1v) is 12.4. The van der Waals surface area contributed by atoms with Crippen LogP contribution in [0.1, 0.15) is 25.3 Å². The van der Waals surface area contributed by atoms with Gasteiger partial charge in [0.2, 0.25) is 0 Å². The van der Waals surface area contributed by atoms with Crippen molar-refractivity contribution in [3.05, 3.63) is 35.9 Å². The van der Waals surface area contributed by atoms with Crippen LogP contribution < -0.4 is 0 Å². The number of thioether (sulfide) groups is 2. The Morgan fingerprint density at radius 3 is 2.35 bits per heavy atom. The van der Waals surface area contributed by atoms with Gasteiger partial charge in [-0.3, -0.25) is 4.79 Å². The minimum atomic E-state index is -1.55. The highest BCUT2D eigenvalue weighted by molar-refractivity contribution is 8.21. The van der Waals surface area contributed by atoms with Crippen molar-refractivity contribution in [3.63, 3.8) is 0 Å². The van der Waals surface area contributed by atoms with Gasteiger partial charge >= 0.3 is 0 Å². The fraction of sp³-hybridized carbons (Fsp3) is 0.562. The standard InChI is InChI=1S/C16H24OS2Si/c1-14(17)12-16(18-10-7-11-19-16)20(2,3)13-15-8-5-4-6-9-15/h4-6,8-9H,7,10-13H2,1-3H3. The number of Topliss-reactive ketones (excluding diaryl/α,β-unsaturated/α-hetero) is 1. The van der Waals surface area contributed by atoms with Crippen molar-refractivity contribution < 1.29 is 4.79 Å². The van der Waals surface area contributed by atoms with Gasteiger partial charge in [0, 0.05) is 6.42 Å². The molecule has 0 spiro atoms. The molecule has 0 amide bonds. The summed E-state index contributed by atoms with van der Waals surface area (Å²) in [6.07, 6.45) is 2.03. The van der Waals surface area contributed by atoms with Crippen LogP contribution in [0.25, 0.3) is 0 Å². The lowest BCUT2D eigenvalue weighted by Crippen LogP contribution is -2.54. The molecule has 0 bridgehead atoms. The summed E-state index contributed by atoms with van der Waals surface area (Å²) in [5, 5.41) is 0. The number of carbonyl (C=O) groups excluding carboxylic acids is 1. The van der Waals surface area contributed by atoms with Crippen LogP contribution in [0.5, 0.6) is 0 Å². The number of ketones is 1. The van der Waals surface area contributed by atoms with Crippen LogP contribution >= 0.6 is 23.5 Å². The van der Waals surface area contributed by atoms with Crippen LogP contribution in [-0.2, 0) is 10.8 Å². The van der Waals surface area contributed by atoms with E-state index in [9.17, 15) is 4.79 Å². The lowest BCUT2D eigenvalue weighted by molar-refractivity contribution is -0.116. The molecule has 1 fully saturated rings. The third kappa shape index (κ3) is 3.71. The molecule has 1 aromatic rings. The zero-order chi connectivity index (χ0) is 14.6. The third-order valence-electron chi connectivity index (χ3n) is 3.96. The van der Waals surface area contributed by atoms with E-state index in [0.717, 1.165) is 6.42 Å². The fourth-order valence-corrected chi connectivity index (χ4v) is 12.2. The quantitative estimate of drug-likeness (QED) is 0.739. The molecule has 1 aromatic carbocycles. The molecule has 1 saturated heterocycles. The maximum Gasteiger partial charge on any atom is 0.131 e. The molecule has 1 heterocycles. The molecule has 2 rings (SSSR count). The van der Waals surface area contributed by atoms with E-state index < -0.39 is 8.07 Å². The normalized spacial score (nSPS) is 18.8. The molecule has 0 saturated carbocycles. The van der Waals surface area contributed by atoms with Gasteiger partial charge in [-0.15, -0.1) is 23.5 Å². The first-order chi connectivity index (χ1) is 9.45. The van der Waals surface area contributed by atoms with E-state index in [2.05, 4.69) is 66.9 Å². The second-order valence-corrected chi connectivity index (χ2v) is 15.0.